The van der Waals surface area contributed by atoms with Gasteiger partial charge in [0.15, 0.2) is 0 Å². The highest BCUT2D eigenvalue weighted by Gasteiger charge is 2.23. The SMILES string of the molecule is CCCC[C@H](N)C(=O)N(Cc1ccc(C)o1)C(C)C. The van der Waals surface area contributed by atoms with E-state index in [9.17, 15) is 4.79 Å². The van der Waals surface area contributed by atoms with Crippen LogP contribution in [-0.4, -0.2) is 22.9 Å². The van der Waals surface area contributed by atoms with Crippen LogP contribution in [0.5, 0.6) is 0 Å². The maximum atomic E-state index is 12.4. The number of nitrogens with zero attached hydrogens (tertiary/aromatic N) is 1. The van der Waals surface area contributed by atoms with Gasteiger partial charge in [0.1, 0.15) is 11.5 Å². The molecular formula is C15H26N2O2. The molecule has 0 bridgehead atoms. The molecule has 0 aliphatic heterocycles. The number of furan rings is 1. The number of carbonyl (C=O) groups is 1. The Morgan fingerprint density at radius 3 is 2.58 bits per heavy atom. The molecule has 0 saturated carbocycles. The van der Waals surface area contributed by atoms with Crippen molar-refractivity contribution in [2.75, 3.05) is 0 Å². The van der Waals surface area contributed by atoms with Gasteiger partial charge in [-0.15, -0.1) is 0 Å². The van der Waals surface area contributed by atoms with Gasteiger partial charge in [0, 0.05) is 6.04 Å². The lowest BCUT2D eigenvalue weighted by Gasteiger charge is -2.28. The largest absolute Gasteiger partial charge is 0.464 e. The Bertz CT molecular complexity index is 399. The number of rotatable bonds is 7. The lowest BCUT2D eigenvalue weighted by atomic mass is 10.1. The van der Waals surface area contributed by atoms with E-state index >= 15 is 0 Å². The highest BCUT2D eigenvalue weighted by Crippen LogP contribution is 2.14. The van der Waals surface area contributed by atoms with Crippen LogP contribution in [0.2, 0.25) is 0 Å². The van der Waals surface area contributed by atoms with E-state index in [0.717, 1.165) is 30.8 Å². The monoisotopic (exact) mass is 266 g/mol. The van der Waals surface area contributed by atoms with Crippen molar-refractivity contribution in [2.45, 2.75) is 65.6 Å². The van der Waals surface area contributed by atoms with E-state index in [1.807, 2.05) is 32.9 Å². The van der Waals surface area contributed by atoms with E-state index in [2.05, 4.69) is 6.92 Å². The molecule has 1 atom stereocenters. The molecule has 1 aromatic rings. The van der Waals surface area contributed by atoms with Gasteiger partial charge >= 0.3 is 0 Å². The van der Waals surface area contributed by atoms with E-state index in [1.54, 1.807) is 4.90 Å². The summed E-state index contributed by atoms with van der Waals surface area (Å²) in [6.45, 7) is 8.49. The van der Waals surface area contributed by atoms with Crippen molar-refractivity contribution in [2.24, 2.45) is 5.73 Å². The minimum Gasteiger partial charge on any atom is -0.464 e. The summed E-state index contributed by atoms with van der Waals surface area (Å²) in [5.41, 5.74) is 5.98. The molecule has 1 aromatic heterocycles. The van der Waals surface area contributed by atoms with Crippen LogP contribution in [0.1, 0.15) is 51.6 Å². The third-order valence-corrected chi connectivity index (χ3v) is 3.21. The molecular weight excluding hydrogens is 240 g/mol. The fourth-order valence-electron chi connectivity index (χ4n) is 2.01. The maximum absolute atomic E-state index is 12.4. The molecule has 4 nitrogen and oxygen atoms in total. The number of aryl methyl sites for hydroxylation is 1. The summed E-state index contributed by atoms with van der Waals surface area (Å²) in [7, 11) is 0. The van der Waals surface area contributed by atoms with Crippen LogP contribution in [0.15, 0.2) is 16.5 Å². The lowest BCUT2D eigenvalue weighted by Crippen LogP contribution is -2.46. The molecule has 108 valence electrons. The first-order chi connectivity index (χ1) is 8.95. The Kier molecular flexibility index (Phi) is 6.09. The van der Waals surface area contributed by atoms with Crippen LogP contribution in [-0.2, 0) is 11.3 Å². The first-order valence-corrected chi connectivity index (χ1v) is 7.07. The molecule has 0 aliphatic carbocycles. The lowest BCUT2D eigenvalue weighted by molar-refractivity contribution is -0.135. The van der Waals surface area contributed by atoms with E-state index in [0.29, 0.717) is 6.54 Å². The van der Waals surface area contributed by atoms with Gasteiger partial charge in [-0.2, -0.15) is 0 Å². The molecule has 1 heterocycles. The molecule has 0 radical (unpaired) electrons. The van der Waals surface area contributed by atoms with Crippen LogP contribution in [0.4, 0.5) is 0 Å². The van der Waals surface area contributed by atoms with Crippen LogP contribution in [0.3, 0.4) is 0 Å². The van der Waals surface area contributed by atoms with Gasteiger partial charge in [-0.25, -0.2) is 0 Å². The molecule has 2 N–H and O–H groups in total. The average Bonchev–Trinajstić information content (AvgIpc) is 2.77. The molecule has 1 amide bonds. The molecule has 4 heteroatoms. The van der Waals surface area contributed by atoms with E-state index < -0.39 is 6.04 Å². The zero-order valence-electron chi connectivity index (χ0n) is 12.5. The van der Waals surface area contributed by atoms with Gasteiger partial charge in [-0.05, 0) is 39.3 Å². The number of unbranched alkanes of at least 4 members (excludes halogenated alkanes) is 1. The van der Waals surface area contributed by atoms with Crippen molar-refractivity contribution in [3.63, 3.8) is 0 Å². The summed E-state index contributed by atoms with van der Waals surface area (Å²) in [5.74, 6) is 1.68. The normalized spacial score (nSPS) is 12.7. The molecule has 0 aromatic carbocycles. The average molecular weight is 266 g/mol. The summed E-state index contributed by atoms with van der Waals surface area (Å²) in [5, 5.41) is 0. The Labute approximate surface area is 116 Å². The fraction of sp³-hybridized carbons (Fsp3) is 0.667. The fourth-order valence-corrected chi connectivity index (χ4v) is 2.01. The maximum Gasteiger partial charge on any atom is 0.240 e. The van der Waals surface area contributed by atoms with Gasteiger partial charge < -0.3 is 15.1 Å². The highest BCUT2D eigenvalue weighted by atomic mass is 16.3. The van der Waals surface area contributed by atoms with Crippen LogP contribution in [0.25, 0.3) is 0 Å². The summed E-state index contributed by atoms with van der Waals surface area (Å²) in [4.78, 5) is 14.2. The topological polar surface area (TPSA) is 59.5 Å². The second-order valence-electron chi connectivity index (χ2n) is 5.32. The third-order valence-electron chi connectivity index (χ3n) is 3.21. The van der Waals surface area contributed by atoms with Gasteiger partial charge in [0.25, 0.3) is 0 Å². The Morgan fingerprint density at radius 1 is 1.42 bits per heavy atom. The van der Waals surface area contributed by atoms with Crippen molar-refractivity contribution in [3.05, 3.63) is 23.7 Å². The Balaban J connectivity index is 2.68. The van der Waals surface area contributed by atoms with E-state index in [-0.39, 0.29) is 11.9 Å². The molecule has 1 rings (SSSR count). The summed E-state index contributed by atoms with van der Waals surface area (Å²) < 4.78 is 5.54. The highest BCUT2D eigenvalue weighted by molar-refractivity contribution is 5.81. The predicted molar refractivity (Wildman–Crippen MR) is 76.6 cm³/mol. The molecule has 0 aliphatic rings. The van der Waals surface area contributed by atoms with E-state index in [1.165, 1.54) is 0 Å². The molecule has 0 fully saturated rings. The minimum absolute atomic E-state index is 0.0116. The first-order valence-electron chi connectivity index (χ1n) is 7.07. The number of hydrogen-bond donors (Lipinski definition) is 1. The zero-order chi connectivity index (χ0) is 14.4. The third kappa shape index (κ3) is 4.71. The number of amides is 1. The standard InChI is InChI=1S/C15H26N2O2/c1-5-6-7-14(16)15(18)17(11(2)3)10-13-9-8-12(4)19-13/h8-9,11,14H,5-7,10,16H2,1-4H3/t14-/m0/s1. The Hall–Kier alpha value is -1.29. The molecule has 0 spiro atoms. The Morgan fingerprint density at radius 2 is 2.11 bits per heavy atom. The molecule has 19 heavy (non-hydrogen) atoms. The molecule has 0 unspecified atom stereocenters. The summed E-state index contributed by atoms with van der Waals surface area (Å²) in [6.07, 6.45) is 2.79. The zero-order valence-corrected chi connectivity index (χ0v) is 12.5. The molecule has 0 saturated heterocycles. The second kappa shape index (κ2) is 7.34. The van der Waals surface area contributed by atoms with Gasteiger partial charge in [-0.1, -0.05) is 19.8 Å². The number of nitrogens with two attached hydrogens (primary N) is 1. The van der Waals surface area contributed by atoms with Crippen molar-refractivity contribution >= 4 is 5.91 Å². The summed E-state index contributed by atoms with van der Waals surface area (Å²) in [6, 6.07) is 3.54. The summed E-state index contributed by atoms with van der Waals surface area (Å²) >= 11 is 0. The van der Waals surface area contributed by atoms with Gasteiger partial charge in [-0.3, -0.25) is 4.79 Å². The number of hydrogen-bond acceptors (Lipinski definition) is 3. The van der Waals surface area contributed by atoms with Crippen LogP contribution < -0.4 is 5.73 Å². The first kappa shape index (κ1) is 15.8. The van der Waals surface area contributed by atoms with Gasteiger partial charge in [0.05, 0.1) is 12.6 Å². The van der Waals surface area contributed by atoms with Crippen molar-refractivity contribution in [1.29, 1.82) is 0 Å². The predicted octanol–water partition coefficient (Wildman–Crippen LogP) is 2.84. The minimum atomic E-state index is -0.404. The van der Waals surface area contributed by atoms with Crippen molar-refractivity contribution in [3.8, 4) is 0 Å². The van der Waals surface area contributed by atoms with Crippen molar-refractivity contribution in [1.82, 2.24) is 4.90 Å². The number of carbonyl (C=O) groups excluding carboxylic acids is 1. The smallest absolute Gasteiger partial charge is 0.240 e. The second-order valence-corrected chi connectivity index (χ2v) is 5.32. The van der Waals surface area contributed by atoms with Crippen molar-refractivity contribution < 1.29 is 9.21 Å². The van der Waals surface area contributed by atoms with Crippen LogP contribution in [0, 0.1) is 6.92 Å². The van der Waals surface area contributed by atoms with E-state index in [4.69, 9.17) is 10.2 Å². The quantitative estimate of drug-likeness (QED) is 0.825. The van der Waals surface area contributed by atoms with Gasteiger partial charge in [0.2, 0.25) is 5.91 Å². The van der Waals surface area contributed by atoms with Crippen LogP contribution >= 0.6 is 0 Å².